The number of nitrogens with two attached hydrogens (primary N) is 1. The molecule has 128 valence electrons. The largest absolute Gasteiger partial charge is 0.384 e. The van der Waals surface area contributed by atoms with Crippen molar-refractivity contribution in [3.63, 3.8) is 0 Å². The molecule has 0 spiro atoms. The lowest BCUT2D eigenvalue weighted by atomic mass is 9.96. The van der Waals surface area contributed by atoms with Crippen molar-refractivity contribution < 1.29 is 9.47 Å². The van der Waals surface area contributed by atoms with Gasteiger partial charge in [0.15, 0.2) is 6.29 Å². The van der Waals surface area contributed by atoms with E-state index in [-0.39, 0.29) is 22.5 Å². The van der Waals surface area contributed by atoms with Crippen molar-refractivity contribution in [2.75, 3.05) is 18.9 Å². The van der Waals surface area contributed by atoms with Crippen LogP contribution in [0.4, 0.5) is 5.82 Å². The third kappa shape index (κ3) is 3.69. The minimum atomic E-state index is -0.625. The predicted molar refractivity (Wildman–Crippen MR) is 92.3 cm³/mol. The number of H-pyrrole nitrogens is 1. The highest BCUT2D eigenvalue weighted by atomic mass is 16.7. The number of aromatic amines is 1. The highest BCUT2D eigenvalue weighted by Gasteiger charge is 2.19. The molecule has 0 aliphatic heterocycles. The first kappa shape index (κ1) is 18.2. The minimum Gasteiger partial charge on any atom is -0.384 e. The normalized spacial score (nSPS) is 10.4. The zero-order chi connectivity index (χ0) is 18.4. The molecule has 25 heavy (non-hydrogen) atoms. The van der Waals surface area contributed by atoms with Gasteiger partial charge in [-0.25, -0.2) is 0 Å². The molecule has 0 atom stereocenters. The molecule has 7 nitrogen and oxygen atoms in total. The van der Waals surface area contributed by atoms with E-state index in [9.17, 15) is 15.3 Å². The number of hydrogen-bond donors (Lipinski definition) is 2. The molecular weight excluding hydrogens is 320 g/mol. The maximum absolute atomic E-state index is 12.0. The summed E-state index contributed by atoms with van der Waals surface area (Å²) in [5, 5.41) is 18.6. The predicted octanol–water partition coefficient (Wildman–Crippen LogP) is 2.44. The number of nitriles is 2. The van der Waals surface area contributed by atoms with E-state index in [1.165, 1.54) is 0 Å². The molecular formula is C18H18N4O3. The van der Waals surface area contributed by atoms with Crippen molar-refractivity contribution in [3.8, 4) is 23.3 Å². The second-order valence-corrected chi connectivity index (χ2v) is 5.08. The zero-order valence-corrected chi connectivity index (χ0v) is 14.0. The number of benzene rings is 1. The van der Waals surface area contributed by atoms with Gasteiger partial charge in [0.2, 0.25) is 0 Å². The van der Waals surface area contributed by atoms with Gasteiger partial charge in [0, 0.05) is 24.3 Å². The molecule has 1 aromatic heterocycles. The summed E-state index contributed by atoms with van der Waals surface area (Å²) in [4.78, 5) is 14.3. The minimum absolute atomic E-state index is 0.0629. The Balaban J connectivity index is 2.56. The molecule has 2 aromatic rings. The van der Waals surface area contributed by atoms with Crippen LogP contribution in [-0.2, 0) is 9.47 Å². The first-order valence-corrected chi connectivity index (χ1v) is 7.76. The summed E-state index contributed by atoms with van der Waals surface area (Å²) in [7, 11) is 0. The lowest BCUT2D eigenvalue weighted by Crippen LogP contribution is -2.16. The molecule has 0 radical (unpaired) electrons. The summed E-state index contributed by atoms with van der Waals surface area (Å²) in [6.45, 7) is 4.73. The van der Waals surface area contributed by atoms with Gasteiger partial charge in [0.25, 0.3) is 5.56 Å². The van der Waals surface area contributed by atoms with Crippen molar-refractivity contribution in [3.05, 3.63) is 51.3 Å². The van der Waals surface area contributed by atoms with Gasteiger partial charge in [-0.1, -0.05) is 24.3 Å². The molecule has 1 aromatic carbocycles. The molecule has 1 heterocycles. The quantitative estimate of drug-likeness (QED) is 0.779. The third-order valence-electron chi connectivity index (χ3n) is 3.58. The highest BCUT2D eigenvalue weighted by molar-refractivity contribution is 5.80. The topological polar surface area (TPSA) is 125 Å². The van der Waals surface area contributed by atoms with Crippen LogP contribution < -0.4 is 11.3 Å². The fourth-order valence-electron chi connectivity index (χ4n) is 2.48. The standard InChI is InChI=1S/C18H18N4O3/c1-3-24-18(25-4-2)12-7-5-11(6-8-12)15-13(9-19)16(21)22-17(23)14(15)10-20/h5-8,18H,3-4H2,1-2H3,(H3,21,22,23). The SMILES string of the molecule is CCOC(OCC)c1ccc(-c2c(C#N)c(N)[nH]c(=O)c2C#N)cc1. The van der Waals surface area contributed by atoms with Gasteiger partial charge < -0.3 is 20.2 Å². The van der Waals surface area contributed by atoms with Crippen LogP contribution in [0.3, 0.4) is 0 Å². The molecule has 0 bridgehead atoms. The third-order valence-corrected chi connectivity index (χ3v) is 3.58. The lowest BCUT2D eigenvalue weighted by Gasteiger charge is -2.17. The van der Waals surface area contributed by atoms with E-state index in [0.29, 0.717) is 18.8 Å². The molecule has 0 fully saturated rings. The summed E-state index contributed by atoms with van der Waals surface area (Å²) < 4.78 is 11.1. The van der Waals surface area contributed by atoms with Crippen molar-refractivity contribution in [2.24, 2.45) is 0 Å². The average molecular weight is 338 g/mol. The summed E-state index contributed by atoms with van der Waals surface area (Å²) in [5.41, 5.74) is 6.58. The van der Waals surface area contributed by atoms with Crippen LogP contribution in [0.5, 0.6) is 0 Å². The maximum atomic E-state index is 12.0. The Kier molecular flexibility index (Phi) is 5.91. The number of nitrogen functional groups attached to an aromatic ring is 1. The average Bonchev–Trinajstić information content (AvgIpc) is 2.61. The van der Waals surface area contributed by atoms with Gasteiger partial charge >= 0.3 is 0 Å². The van der Waals surface area contributed by atoms with E-state index in [1.807, 2.05) is 26.0 Å². The summed E-state index contributed by atoms with van der Waals surface area (Å²) >= 11 is 0. The zero-order valence-electron chi connectivity index (χ0n) is 14.0. The Morgan fingerprint density at radius 2 is 1.64 bits per heavy atom. The summed E-state index contributed by atoms with van der Waals surface area (Å²) in [6.07, 6.45) is -0.501. The molecule has 7 heteroatoms. The second-order valence-electron chi connectivity index (χ2n) is 5.08. The number of nitrogens with one attached hydrogen (secondary N) is 1. The Bertz CT molecular complexity index is 883. The summed E-state index contributed by atoms with van der Waals surface area (Å²) in [5.74, 6) is -0.0629. The van der Waals surface area contributed by atoms with E-state index in [1.54, 1.807) is 24.3 Å². The first-order chi connectivity index (χ1) is 12.1. The van der Waals surface area contributed by atoms with E-state index in [4.69, 9.17) is 15.2 Å². The van der Waals surface area contributed by atoms with E-state index in [0.717, 1.165) is 5.56 Å². The van der Waals surface area contributed by atoms with Crippen molar-refractivity contribution in [2.45, 2.75) is 20.1 Å². The van der Waals surface area contributed by atoms with Gasteiger partial charge in [-0.2, -0.15) is 10.5 Å². The number of nitrogens with zero attached hydrogens (tertiary/aromatic N) is 2. The van der Waals surface area contributed by atoms with Gasteiger partial charge in [-0.15, -0.1) is 0 Å². The van der Waals surface area contributed by atoms with E-state index in [2.05, 4.69) is 4.98 Å². The smallest absolute Gasteiger partial charge is 0.268 e. The molecule has 0 aliphatic rings. The molecule has 3 N–H and O–H groups in total. The van der Waals surface area contributed by atoms with Crippen LogP contribution in [-0.4, -0.2) is 18.2 Å². The molecule has 0 amide bonds. The number of anilines is 1. The Hall–Kier alpha value is -3.13. The molecule has 0 saturated heterocycles. The monoisotopic (exact) mass is 338 g/mol. The Morgan fingerprint density at radius 3 is 2.12 bits per heavy atom. The number of hydrogen-bond acceptors (Lipinski definition) is 6. The first-order valence-electron chi connectivity index (χ1n) is 7.76. The fourth-order valence-corrected chi connectivity index (χ4v) is 2.48. The van der Waals surface area contributed by atoms with Crippen LogP contribution in [0, 0.1) is 22.7 Å². The number of ether oxygens (including phenoxy) is 2. The van der Waals surface area contributed by atoms with E-state index >= 15 is 0 Å². The number of aromatic nitrogens is 1. The Labute approximate surface area is 145 Å². The highest BCUT2D eigenvalue weighted by Crippen LogP contribution is 2.29. The van der Waals surface area contributed by atoms with Crippen LogP contribution in [0.2, 0.25) is 0 Å². The van der Waals surface area contributed by atoms with Gasteiger partial charge in [-0.05, 0) is 19.4 Å². The summed E-state index contributed by atoms with van der Waals surface area (Å²) in [6, 6.07) is 10.7. The van der Waals surface area contributed by atoms with Crippen molar-refractivity contribution in [1.29, 1.82) is 10.5 Å². The van der Waals surface area contributed by atoms with Gasteiger partial charge in [-0.3, -0.25) is 4.79 Å². The van der Waals surface area contributed by atoms with Crippen LogP contribution in [0.15, 0.2) is 29.1 Å². The van der Waals surface area contributed by atoms with Gasteiger partial charge in [0.1, 0.15) is 29.1 Å². The van der Waals surface area contributed by atoms with Crippen LogP contribution >= 0.6 is 0 Å². The molecule has 2 rings (SSSR count). The number of pyridine rings is 1. The van der Waals surface area contributed by atoms with Crippen molar-refractivity contribution >= 4 is 5.82 Å². The van der Waals surface area contributed by atoms with Crippen LogP contribution in [0.25, 0.3) is 11.1 Å². The molecule has 0 saturated carbocycles. The fraction of sp³-hybridized carbons (Fsp3) is 0.278. The second kappa shape index (κ2) is 8.11. The Morgan fingerprint density at radius 1 is 1.08 bits per heavy atom. The van der Waals surface area contributed by atoms with E-state index < -0.39 is 11.8 Å². The van der Waals surface area contributed by atoms with Gasteiger partial charge in [0.05, 0.1) is 0 Å². The molecule has 0 aliphatic carbocycles. The molecule has 0 unspecified atom stereocenters. The van der Waals surface area contributed by atoms with Crippen LogP contribution in [0.1, 0.15) is 36.8 Å². The lowest BCUT2D eigenvalue weighted by molar-refractivity contribution is -0.140. The van der Waals surface area contributed by atoms with Crippen molar-refractivity contribution in [1.82, 2.24) is 4.98 Å². The maximum Gasteiger partial charge on any atom is 0.268 e. The number of rotatable bonds is 6.